The maximum absolute atomic E-state index is 11.4. The van der Waals surface area contributed by atoms with Gasteiger partial charge < -0.3 is 15.8 Å². The predicted octanol–water partition coefficient (Wildman–Crippen LogP) is 1.42. The Morgan fingerprint density at radius 3 is 2.69 bits per heavy atom. The first-order valence-corrected chi connectivity index (χ1v) is 5.02. The first-order chi connectivity index (χ1) is 7.37. The number of ether oxygens (including phenoxy) is 1. The highest BCUT2D eigenvalue weighted by Gasteiger charge is 2.12. The largest absolute Gasteiger partial charge is 0.384 e. The first-order valence-electron chi connectivity index (χ1n) is 5.02. The minimum absolute atomic E-state index is 0.0217. The SMILES string of the molecule is CC(C)(C)OCC(=O)Nc1ccc(N)nc1. The summed E-state index contributed by atoms with van der Waals surface area (Å²) in [5, 5.41) is 2.66. The summed E-state index contributed by atoms with van der Waals surface area (Å²) in [5.74, 6) is 0.213. The van der Waals surface area contributed by atoms with Gasteiger partial charge in [-0.05, 0) is 32.9 Å². The smallest absolute Gasteiger partial charge is 0.250 e. The number of carbonyl (C=O) groups is 1. The minimum Gasteiger partial charge on any atom is -0.384 e. The Bertz CT molecular complexity index is 354. The van der Waals surface area contributed by atoms with Crippen molar-refractivity contribution in [3.8, 4) is 0 Å². The second-order valence-corrected chi connectivity index (χ2v) is 4.42. The van der Waals surface area contributed by atoms with E-state index in [4.69, 9.17) is 10.5 Å². The van der Waals surface area contributed by atoms with Crippen LogP contribution in [-0.4, -0.2) is 23.1 Å². The number of hydrogen-bond donors (Lipinski definition) is 2. The Kier molecular flexibility index (Phi) is 3.84. The van der Waals surface area contributed by atoms with Crippen LogP contribution >= 0.6 is 0 Å². The molecule has 16 heavy (non-hydrogen) atoms. The number of anilines is 2. The van der Waals surface area contributed by atoms with Gasteiger partial charge in [0.1, 0.15) is 12.4 Å². The van der Waals surface area contributed by atoms with Crippen molar-refractivity contribution in [1.29, 1.82) is 0 Å². The van der Waals surface area contributed by atoms with Crippen LogP contribution in [0, 0.1) is 0 Å². The molecule has 1 heterocycles. The number of nitrogens with one attached hydrogen (secondary N) is 1. The van der Waals surface area contributed by atoms with Gasteiger partial charge in [0.15, 0.2) is 0 Å². The zero-order valence-electron chi connectivity index (χ0n) is 9.78. The lowest BCUT2D eigenvalue weighted by molar-refractivity contribution is -0.125. The van der Waals surface area contributed by atoms with E-state index >= 15 is 0 Å². The quantitative estimate of drug-likeness (QED) is 0.812. The van der Waals surface area contributed by atoms with Gasteiger partial charge in [-0.2, -0.15) is 0 Å². The Morgan fingerprint density at radius 1 is 1.50 bits per heavy atom. The molecule has 0 aliphatic heterocycles. The van der Waals surface area contributed by atoms with Crippen molar-refractivity contribution in [2.24, 2.45) is 0 Å². The molecule has 1 aromatic rings. The Hall–Kier alpha value is -1.62. The zero-order valence-corrected chi connectivity index (χ0v) is 9.78. The number of rotatable bonds is 3. The summed E-state index contributed by atoms with van der Waals surface area (Å²) in [4.78, 5) is 15.3. The highest BCUT2D eigenvalue weighted by molar-refractivity contribution is 5.91. The van der Waals surface area contributed by atoms with E-state index in [1.54, 1.807) is 12.1 Å². The molecule has 0 unspecified atom stereocenters. The number of nitrogen functional groups attached to an aromatic ring is 1. The van der Waals surface area contributed by atoms with Crippen molar-refractivity contribution in [2.75, 3.05) is 17.7 Å². The number of hydrogen-bond acceptors (Lipinski definition) is 4. The molecule has 0 bridgehead atoms. The molecule has 0 aromatic carbocycles. The molecule has 0 saturated heterocycles. The van der Waals surface area contributed by atoms with E-state index in [9.17, 15) is 4.79 Å². The molecule has 5 nitrogen and oxygen atoms in total. The monoisotopic (exact) mass is 223 g/mol. The molecule has 3 N–H and O–H groups in total. The predicted molar refractivity (Wildman–Crippen MR) is 63.0 cm³/mol. The number of nitrogens with zero attached hydrogens (tertiary/aromatic N) is 1. The number of carbonyl (C=O) groups excluding carboxylic acids is 1. The summed E-state index contributed by atoms with van der Waals surface area (Å²) in [7, 11) is 0. The molecule has 1 aromatic heterocycles. The van der Waals surface area contributed by atoms with E-state index in [1.165, 1.54) is 6.20 Å². The zero-order chi connectivity index (χ0) is 12.2. The van der Waals surface area contributed by atoms with Gasteiger partial charge in [0.05, 0.1) is 17.5 Å². The fourth-order valence-corrected chi connectivity index (χ4v) is 0.958. The number of pyridine rings is 1. The van der Waals surface area contributed by atoms with Gasteiger partial charge in [-0.25, -0.2) is 4.98 Å². The lowest BCUT2D eigenvalue weighted by Gasteiger charge is -2.18. The maximum Gasteiger partial charge on any atom is 0.250 e. The van der Waals surface area contributed by atoms with E-state index in [0.717, 1.165) is 0 Å². The average molecular weight is 223 g/mol. The summed E-state index contributed by atoms with van der Waals surface area (Å²) in [5.41, 5.74) is 5.71. The van der Waals surface area contributed by atoms with Crippen LogP contribution in [0.4, 0.5) is 11.5 Å². The topological polar surface area (TPSA) is 77.2 Å². The van der Waals surface area contributed by atoms with Crippen LogP contribution in [-0.2, 0) is 9.53 Å². The van der Waals surface area contributed by atoms with Crippen molar-refractivity contribution in [3.63, 3.8) is 0 Å². The highest BCUT2D eigenvalue weighted by Crippen LogP contribution is 2.09. The van der Waals surface area contributed by atoms with Crippen molar-refractivity contribution in [1.82, 2.24) is 4.98 Å². The van der Waals surface area contributed by atoms with Gasteiger partial charge in [0.2, 0.25) is 5.91 Å². The Morgan fingerprint density at radius 2 is 2.19 bits per heavy atom. The molecule has 0 radical (unpaired) electrons. The standard InChI is InChI=1S/C11H17N3O2/c1-11(2,3)16-7-10(15)14-8-4-5-9(12)13-6-8/h4-6H,7H2,1-3H3,(H2,12,13)(H,14,15). The average Bonchev–Trinajstić information content (AvgIpc) is 2.18. The fourth-order valence-electron chi connectivity index (χ4n) is 0.958. The summed E-state index contributed by atoms with van der Waals surface area (Å²) >= 11 is 0. The van der Waals surface area contributed by atoms with Crippen molar-refractivity contribution >= 4 is 17.4 Å². The van der Waals surface area contributed by atoms with Gasteiger partial charge in [-0.3, -0.25) is 4.79 Å². The van der Waals surface area contributed by atoms with E-state index in [-0.39, 0.29) is 18.1 Å². The van der Waals surface area contributed by atoms with Gasteiger partial charge in [0.25, 0.3) is 0 Å². The van der Waals surface area contributed by atoms with E-state index in [0.29, 0.717) is 11.5 Å². The summed E-state index contributed by atoms with van der Waals surface area (Å²) in [6.45, 7) is 5.70. The third-order valence-corrected chi connectivity index (χ3v) is 1.71. The van der Waals surface area contributed by atoms with E-state index in [1.807, 2.05) is 20.8 Å². The molecule has 0 saturated carbocycles. The van der Waals surface area contributed by atoms with Crippen LogP contribution in [0.1, 0.15) is 20.8 Å². The molecule has 1 rings (SSSR count). The third kappa shape index (κ3) is 4.75. The van der Waals surface area contributed by atoms with Crippen LogP contribution in [0.3, 0.4) is 0 Å². The fraction of sp³-hybridized carbons (Fsp3) is 0.455. The second kappa shape index (κ2) is 4.94. The third-order valence-electron chi connectivity index (χ3n) is 1.71. The molecule has 0 aliphatic carbocycles. The van der Waals surface area contributed by atoms with Crippen LogP contribution in [0.5, 0.6) is 0 Å². The van der Waals surface area contributed by atoms with Crippen molar-refractivity contribution < 1.29 is 9.53 Å². The molecule has 1 amide bonds. The van der Waals surface area contributed by atoms with Gasteiger partial charge in [-0.1, -0.05) is 0 Å². The van der Waals surface area contributed by atoms with Crippen LogP contribution in [0.25, 0.3) is 0 Å². The van der Waals surface area contributed by atoms with Crippen molar-refractivity contribution in [2.45, 2.75) is 26.4 Å². The Labute approximate surface area is 95.0 Å². The molecular weight excluding hydrogens is 206 g/mol. The highest BCUT2D eigenvalue weighted by atomic mass is 16.5. The molecule has 88 valence electrons. The first kappa shape index (κ1) is 12.4. The van der Waals surface area contributed by atoms with Crippen LogP contribution in [0.2, 0.25) is 0 Å². The molecule has 0 atom stereocenters. The summed E-state index contributed by atoms with van der Waals surface area (Å²) in [6.07, 6.45) is 1.50. The number of amides is 1. The van der Waals surface area contributed by atoms with Gasteiger partial charge in [0, 0.05) is 0 Å². The lowest BCUT2D eigenvalue weighted by atomic mass is 10.2. The normalized spacial score (nSPS) is 11.2. The number of aromatic nitrogens is 1. The molecule has 0 aliphatic rings. The summed E-state index contributed by atoms with van der Waals surface area (Å²) < 4.78 is 5.33. The maximum atomic E-state index is 11.4. The van der Waals surface area contributed by atoms with Crippen LogP contribution in [0.15, 0.2) is 18.3 Å². The van der Waals surface area contributed by atoms with Crippen molar-refractivity contribution in [3.05, 3.63) is 18.3 Å². The Balaban J connectivity index is 2.43. The molecule has 5 heteroatoms. The van der Waals surface area contributed by atoms with E-state index < -0.39 is 0 Å². The van der Waals surface area contributed by atoms with Gasteiger partial charge >= 0.3 is 0 Å². The molecule has 0 spiro atoms. The molecular formula is C11H17N3O2. The summed E-state index contributed by atoms with van der Waals surface area (Å²) in [6, 6.07) is 3.32. The van der Waals surface area contributed by atoms with Crippen LogP contribution < -0.4 is 11.1 Å². The second-order valence-electron chi connectivity index (χ2n) is 4.42. The minimum atomic E-state index is -0.323. The number of nitrogens with two attached hydrogens (primary N) is 1. The molecule has 0 fully saturated rings. The van der Waals surface area contributed by atoms with E-state index in [2.05, 4.69) is 10.3 Å². The van der Waals surface area contributed by atoms with Gasteiger partial charge in [-0.15, -0.1) is 0 Å². The lowest BCUT2D eigenvalue weighted by Crippen LogP contribution is -2.27.